The first kappa shape index (κ1) is 16.8. The molecule has 0 saturated heterocycles. The van der Waals surface area contributed by atoms with Crippen molar-refractivity contribution in [1.82, 2.24) is 15.1 Å². The van der Waals surface area contributed by atoms with Crippen molar-refractivity contribution in [2.45, 2.75) is 64.5 Å². The molecule has 0 aliphatic heterocycles. The summed E-state index contributed by atoms with van der Waals surface area (Å²) in [5.41, 5.74) is 1.05. The van der Waals surface area contributed by atoms with Gasteiger partial charge in [0, 0.05) is 17.8 Å². The van der Waals surface area contributed by atoms with Gasteiger partial charge in [-0.15, -0.1) is 0 Å². The molecule has 2 aliphatic rings. The normalized spacial score (nSPS) is 25.1. The maximum Gasteiger partial charge on any atom is 0.320 e. The van der Waals surface area contributed by atoms with Crippen LogP contribution < -0.4 is 10.6 Å². The highest BCUT2D eigenvalue weighted by atomic mass is 16.4. The molecule has 1 unspecified atom stereocenters. The summed E-state index contributed by atoms with van der Waals surface area (Å²) in [5, 5.41) is 19.2. The van der Waals surface area contributed by atoms with Gasteiger partial charge in [0.15, 0.2) is 5.82 Å². The number of carboxylic acids is 1. The highest BCUT2D eigenvalue weighted by Crippen LogP contribution is 2.39. The smallest absolute Gasteiger partial charge is 0.320 e. The van der Waals surface area contributed by atoms with Crippen molar-refractivity contribution in [2.24, 2.45) is 11.8 Å². The van der Waals surface area contributed by atoms with Crippen LogP contribution in [0, 0.1) is 18.8 Å². The molecular weight excluding hydrogens is 308 g/mol. The number of carboxylic acid groups (broad SMARTS) is 1. The van der Waals surface area contributed by atoms with Gasteiger partial charge in [0.25, 0.3) is 0 Å². The van der Waals surface area contributed by atoms with Crippen LogP contribution in [0.3, 0.4) is 0 Å². The maximum atomic E-state index is 12.1. The standard InChI is InChI=1S/C17H26N4O3/c1-10-9-15(20-21(10)11(2)12-3-4-12)19-17(24)18-14-7-5-13(6-8-14)16(22)23/h9,11-14H,3-8H2,1-2H3,(H,22,23)(H2,18,19,20,24). The third-order valence-electron chi connectivity index (χ3n) is 5.27. The van der Waals surface area contributed by atoms with E-state index in [1.165, 1.54) is 12.8 Å². The molecule has 1 atom stereocenters. The van der Waals surface area contributed by atoms with E-state index in [1.54, 1.807) is 0 Å². The molecule has 0 radical (unpaired) electrons. The summed E-state index contributed by atoms with van der Waals surface area (Å²) in [6, 6.07) is 2.03. The Morgan fingerprint density at radius 1 is 1.25 bits per heavy atom. The number of aryl methyl sites for hydroxylation is 1. The van der Waals surface area contributed by atoms with Crippen molar-refractivity contribution < 1.29 is 14.7 Å². The number of aliphatic carboxylic acids is 1. The van der Waals surface area contributed by atoms with E-state index in [-0.39, 0.29) is 18.0 Å². The summed E-state index contributed by atoms with van der Waals surface area (Å²) in [6.45, 7) is 4.17. The van der Waals surface area contributed by atoms with Gasteiger partial charge in [-0.3, -0.25) is 14.8 Å². The minimum absolute atomic E-state index is 0.0363. The number of rotatable bonds is 5. The predicted octanol–water partition coefficient (Wildman–Crippen LogP) is 2.93. The molecule has 0 bridgehead atoms. The van der Waals surface area contributed by atoms with E-state index in [0.29, 0.717) is 43.5 Å². The van der Waals surface area contributed by atoms with Gasteiger partial charge in [-0.05, 0) is 58.3 Å². The van der Waals surface area contributed by atoms with Crippen LogP contribution in [0.2, 0.25) is 0 Å². The van der Waals surface area contributed by atoms with Gasteiger partial charge in [-0.2, -0.15) is 5.10 Å². The zero-order valence-corrected chi connectivity index (χ0v) is 14.3. The van der Waals surface area contributed by atoms with Gasteiger partial charge in [0.2, 0.25) is 0 Å². The topological polar surface area (TPSA) is 96.2 Å². The average molecular weight is 334 g/mol. The third-order valence-corrected chi connectivity index (χ3v) is 5.27. The number of nitrogens with one attached hydrogen (secondary N) is 2. The molecule has 2 amide bonds. The minimum Gasteiger partial charge on any atom is -0.481 e. The second kappa shape index (κ2) is 6.83. The number of hydrogen-bond donors (Lipinski definition) is 3. The Labute approximate surface area is 141 Å². The number of anilines is 1. The largest absolute Gasteiger partial charge is 0.481 e. The Bertz CT molecular complexity index is 615. The molecule has 24 heavy (non-hydrogen) atoms. The van der Waals surface area contributed by atoms with Crippen molar-refractivity contribution in [3.8, 4) is 0 Å². The fraction of sp³-hybridized carbons (Fsp3) is 0.706. The lowest BCUT2D eigenvalue weighted by atomic mass is 9.86. The maximum absolute atomic E-state index is 12.1. The second-order valence-electron chi connectivity index (χ2n) is 7.18. The number of amides is 2. The van der Waals surface area contributed by atoms with Crippen LogP contribution in [-0.2, 0) is 4.79 Å². The molecule has 3 rings (SSSR count). The number of carbonyl (C=O) groups is 2. The number of aromatic nitrogens is 2. The molecule has 1 aromatic rings. The fourth-order valence-electron chi connectivity index (χ4n) is 3.56. The molecular formula is C17H26N4O3. The van der Waals surface area contributed by atoms with Gasteiger partial charge < -0.3 is 10.4 Å². The molecule has 2 aliphatic carbocycles. The van der Waals surface area contributed by atoms with Crippen LogP contribution >= 0.6 is 0 Å². The first-order valence-electron chi connectivity index (χ1n) is 8.80. The van der Waals surface area contributed by atoms with Gasteiger partial charge in [0.05, 0.1) is 12.0 Å². The van der Waals surface area contributed by atoms with E-state index in [9.17, 15) is 9.59 Å². The van der Waals surface area contributed by atoms with Crippen LogP contribution in [0.4, 0.5) is 10.6 Å². The number of urea groups is 1. The Morgan fingerprint density at radius 2 is 1.92 bits per heavy atom. The van der Waals surface area contributed by atoms with E-state index < -0.39 is 5.97 Å². The van der Waals surface area contributed by atoms with Crippen LogP contribution in [-0.4, -0.2) is 32.9 Å². The Hall–Kier alpha value is -2.05. The summed E-state index contributed by atoms with van der Waals surface area (Å²) in [5.74, 6) is 0.267. The molecule has 2 saturated carbocycles. The number of hydrogen-bond acceptors (Lipinski definition) is 3. The van der Waals surface area contributed by atoms with Crippen LogP contribution in [0.15, 0.2) is 6.07 Å². The molecule has 0 spiro atoms. The summed E-state index contributed by atoms with van der Waals surface area (Å²) in [6.07, 6.45) is 5.15. The van der Waals surface area contributed by atoms with Crippen LogP contribution in [0.25, 0.3) is 0 Å². The molecule has 1 aromatic heterocycles. The third kappa shape index (κ3) is 3.88. The number of carbonyl (C=O) groups excluding carboxylic acids is 1. The highest BCUT2D eigenvalue weighted by molar-refractivity contribution is 5.88. The average Bonchev–Trinajstić information content (AvgIpc) is 3.31. The SMILES string of the molecule is Cc1cc(NC(=O)NC2CCC(C(=O)O)CC2)nn1C(C)C1CC1. The zero-order valence-electron chi connectivity index (χ0n) is 14.3. The lowest BCUT2D eigenvalue weighted by Crippen LogP contribution is -2.41. The molecule has 7 heteroatoms. The van der Waals surface area contributed by atoms with E-state index in [2.05, 4.69) is 22.7 Å². The van der Waals surface area contributed by atoms with E-state index in [4.69, 9.17) is 5.11 Å². The molecule has 3 N–H and O–H groups in total. The molecule has 1 heterocycles. The molecule has 132 valence electrons. The van der Waals surface area contributed by atoms with Gasteiger partial charge in [-0.1, -0.05) is 0 Å². The first-order valence-corrected chi connectivity index (χ1v) is 8.80. The van der Waals surface area contributed by atoms with Gasteiger partial charge >= 0.3 is 12.0 Å². The molecule has 0 aromatic carbocycles. The Balaban J connectivity index is 1.50. The van der Waals surface area contributed by atoms with Gasteiger partial charge in [0.1, 0.15) is 0 Å². The lowest BCUT2D eigenvalue weighted by molar-refractivity contribution is -0.142. The minimum atomic E-state index is -0.733. The molecule has 2 fully saturated rings. The lowest BCUT2D eigenvalue weighted by Gasteiger charge is -2.26. The van der Waals surface area contributed by atoms with E-state index in [0.717, 1.165) is 5.69 Å². The zero-order chi connectivity index (χ0) is 17.3. The second-order valence-corrected chi connectivity index (χ2v) is 7.18. The van der Waals surface area contributed by atoms with Crippen molar-refractivity contribution >= 4 is 17.8 Å². The van der Waals surface area contributed by atoms with Crippen molar-refractivity contribution in [1.29, 1.82) is 0 Å². The molecule has 7 nitrogen and oxygen atoms in total. The van der Waals surface area contributed by atoms with Crippen LogP contribution in [0.5, 0.6) is 0 Å². The van der Waals surface area contributed by atoms with Crippen LogP contribution in [0.1, 0.15) is 57.2 Å². The van der Waals surface area contributed by atoms with E-state index in [1.807, 2.05) is 17.7 Å². The number of nitrogens with zero attached hydrogens (tertiary/aromatic N) is 2. The van der Waals surface area contributed by atoms with Crippen molar-refractivity contribution in [3.05, 3.63) is 11.8 Å². The summed E-state index contributed by atoms with van der Waals surface area (Å²) in [4.78, 5) is 23.1. The summed E-state index contributed by atoms with van der Waals surface area (Å²) >= 11 is 0. The first-order chi connectivity index (χ1) is 11.4. The predicted molar refractivity (Wildman–Crippen MR) is 89.9 cm³/mol. The van der Waals surface area contributed by atoms with Crippen molar-refractivity contribution in [3.63, 3.8) is 0 Å². The van der Waals surface area contributed by atoms with E-state index >= 15 is 0 Å². The summed E-state index contributed by atoms with van der Waals surface area (Å²) < 4.78 is 1.99. The monoisotopic (exact) mass is 334 g/mol. The van der Waals surface area contributed by atoms with Crippen molar-refractivity contribution in [2.75, 3.05) is 5.32 Å². The fourth-order valence-corrected chi connectivity index (χ4v) is 3.56. The quantitative estimate of drug-likeness (QED) is 0.771. The highest BCUT2D eigenvalue weighted by Gasteiger charge is 2.31. The Morgan fingerprint density at radius 3 is 2.50 bits per heavy atom. The Kier molecular flexibility index (Phi) is 4.78. The summed E-state index contributed by atoms with van der Waals surface area (Å²) in [7, 11) is 0. The van der Waals surface area contributed by atoms with Gasteiger partial charge in [-0.25, -0.2) is 4.79 Å².